The number of carbonyl (C=O) groups is 1. The molecule has 1 unspecified atom stereocenters. The van der Waals surface area contributed by atoms with Gasteiger partial charge in [-0.1, -0.05) is 18.1 Å². The molecule has 1 aliphatic rings. The number of hydrogen-bond acceptors (Lipinski definition) is 5. The normalized spacial score (nSPS) is 18.0. The number of anilines is 2. The zero-order valence-corrected chi connectivity index (χ0v) is 13.6. The Hall–Kier alpha value is -2.37. The second kappa shape index (κ2) is 6.81. The van der Waals surface area contributed by atoms with Gasteiger partial charge in [0.05, 0.1) is 11.6 Å². The molecule has 0 spiro atoms. The summed E-state index contributed by atoms with van der Waals surface area (Å²) >= 11 is 0. The van der Waals surface area contributed by atoms with E-state index in [1.54, 1.807) is 6.20 Å². The van der Waals surface area contributed by atoms with Crippen LogP contribution in [-0.2, 0) is 11.2 Å². The molecule has 1 aliphatic heterocycles. The van der Waals surface area contributed by atoms with Crippen LogP contribution in [0.25, 0.3) is 0 Å². The summed E-state index contributed by atoms with van der Waals surface area (Å²) in [5.74, 6) is 1.34. The SMILES string of the molecule is CCc1c(C)noc1NC(=O)C1CCCN(c2ccccn2)C1. The van der Waals surface area contributed by atoms with Crippen molar-refractivity contribution in [2.75, 3.05) is 23.3 Å². The van der Waals surface area contributed by atoms with Gasteiger partial charge < -0.3 is 9.42 Å². The zero-order chi connectivity index (χ0) is 16.2. The number of carbonyl (C=O) groups excluding carboxylic acids is 1. The molecule has 1 N–H and O–H groups in total. The van der Waals surface area contributed by atoms with E-state index in [4.69, 9.17) is 4.52 Å². The van der Waals surface area contributed by atoms with Gasteiger partial charge in [0.15, 0.2) is 0 Å². The minimum absolute atomic E-state index is 0.00326. The van der Waals surface area contributed by atoms with Crippen molar-refractivity contribution in [3.05, 3.63) is 35.7 Å². The van der Waals surface area contributed by atoms with Crippen LogP contribution in [0.4, 0.5) is 11.7 Å². The number of piperidine rings is 1. The minimum atomic E-state index is -0.0686. The van der Waals surface area contributed by atoms with Crippen LogP contribution in [0.15, 0.2) is 28.9 Å². The lowest BCUT2D eigenvalue weighted by molar-refractivity contribution is -0.120. The maximum Gasteiger partial charge on any atom is 0.234 e. The second-order valence-corrected chi connectivity index (χ2v) is 5.89. The monoisotopic (exact) mass is 314 g/mol. The van der Waals surface area contributed by atoms with Gasteiger partial charge in [-0.25, -0.2) is 4.98 Å². The smallest absolute Gasteiger partial charge is 0.234 e. The molecule has 1 saturated heterocycles. The van der Waals surface area contributed by atoms with Crippen LogP contribution in [0.3, 0.4) is 0 Å². The van der Waals surface area contributed by atoms with Crippen LogP contribution < -0.4 is 10.2 Å². The number of aryl methyl sites for hydroxylation is 1. The first-order valence-corrected chi connectivity index (χ1v) is 8.11. The van der Waals surface area contributed by atoms with E-state index in [1.807, 2.05) is 32.0 Å². The van der Waals surface area contributed by atoms with Crippen molar-refractivity contribution in [3.8, 4) is 0 Å². The summed E-state index contributed by atoms with van der Waals surface area (Å²) in [5, 5.41) is 6.85. The summed E-state index contributed by atoms with van der Waals surface area (Å²) in [6, 6.07) is 5.85. The second-order valence-electron chi connectivity index (χ2n) is 5.89. The molecule has 0 aliphatic carbocycles. The number of nitrogens with zero attached hydrogens (tertiary/aromatic N) is 3. The van der Waals surface area contributed by atoms with Gasteiger partial charge in [-0.2, -0.15) is 0 Å². The molecule has 3 rings (SSSR count). The zero-order valence-electron chi connectivity index (χ0n) is 13.6. The number of amides is 1. The van der Waals surface area contributed by atoms with Crippen LogP contribution >= 0.6 is 0 Å². The maximum atomic E-state index is 12.6. The van der Waals surface area contributed by atoms with E-state index in [0.717, 1.165) is 42.9 Å². The highest BCUT2D eigenvalue weighted by atomic mass is 16.5. The molecule has 1 amide bonds. The van der Waals surface area contributed by atoms with E-state index in [9.17, 15) is 4.79 Å². The summed E-state index contributed by atoms with van der Waals surface area (Å²) < 4.78 is 5.25. The average Bonchev–Trinajstić information content (AvgIpc) is 2.95. The lowest BCUT2D eigenvalue weighted by Crippen LogP contribution is -2.41. The minimum Gasteiger partial charge on any atom is -0.356 e. The lowest BCUT2D eigenvalue weighted by atomic mass is 9.97. The third-order valence-corrected chi connectivity index (χ3v) is 4.34. The molecule has 2 aromatic heterocycles. The third-order valence-electron chi connectivity index (χ3n) is 4.34. The van der Waals surface area contributed by atoms with Crippen LogP contribution in [0.1, 0.15) is 31.0 Å². The fraction of sp³-hybridized carbons (Fsp3) is 0.471. The fourth-order valence-corrected chi connectivity index (χ4v) is 3.06. The van der Waals surface area contributed by atoms with Gasteiger partial charge in [0, 0.05) is 24.8 Å². The first kappa shape index (κ1) is 15.5. The van der Waals surface area contributed by atoms with Crippen LogP contribution in [0, 0.1) is 12.8 Å². The largest absolute Gasteiger partial charge is 0.356 e. The standard InChI is InChI=1S/C17H22N4O2/c1-3-14-12(2)20-23-17(14)19-16(22)13-7-6-10-21(11-13)15-8-4-5-9-18-15/h4-5,8-9,13H,3,6-7,10-11H2,1-2H3,(H,19,22). The van der Waals surface area contributed by atoms with Gasteiger partial charge in [-0.15, -0.1) is 0 Å². The first-order valence-electron chi connectivity index (χ1n) is 8.11. The molecular weight excluding hydrogens is 292 g/mol. The van der Waals surface area contributed by atoms with E-state index >= 15 is 0 Å². The molecular formula is C17H22N4O2. The summed E-state index contributed by atoms with van der Waals surface area (Å²) in [5.41, 5.74) is 1.80. The van der Waals surface area contributed by atoms with E-state index in [1.165, 1.54) is 0 Å². The quantitative estimate of drug-likeness (QED) is 0.939. The predicted octanol–water partition coefficient (Wildman–Crippen LogP) is 2.80. The van der Waals surface area contributed by atoms with Gasteiger partial charge in [0.1, 0.15) is 5.82 Å². The summed E-state index contributed by atoms with van der Waals surface area (Å²) in [4.78, 5) is 19.1. The van der Waals surface area contributed by atoms with Crippen molar-refractivity contribution in [1.29, 1.82) is 0 Å². The van der Waals surface area contributed by atoms with E-state index in [0.29, 0.717) is 12.4 Å². The van der Waals surface area contributed by atoms with E-state index < -0.39 is 0 Å². The Kier molecular flexibility index (Phi) is 4.60. The van der Waals surface area contributed by atoms with Gasteiger partial charge >= 0.3 is 0 Å². The molecule has 0 bridgehead atoms. The van der Waals surface area contributed by atoms with Crippen LogP contribution in [0.2, 0.25) is 0 Å². The summed E-state index contributed by atoms with van der Waals surface area (Å²) in [6.07, 6.45) is 4.42. The Bertz CT molecular complexity index is 668. The lowest BCUT2D eigenvalue weighted by Gasteiger charge is -2.32. The Labute approximate surface area is 135 Å². The molecule has 23 heavy (non-hydrogen) atoms. The first-order chi connectivity index (χ1) is 11.2. The van der Waals surface area contributed by atoms with E-state index in [-0.39, 0.29) is 11.8 Å². The van der Waals surface area contributed by atoms with Gasteiger partial charge in [-0.3, -0.25) is 10.1 Å². The highest BCUT2D eigenvalue weighted by molar-refractivity contribution is 5.92. The summed E-state index contributed by atoms with van der Waals surface area (Å²) in [6.45, 7) is 5.53. The Morgan fingerprint density at radius 3 is 3.09 bits per heavy atom. The highest BCUT2D eigenvalue weighted by Crippen LogP contribution is 2.24. The molecule has 122 valence electrons. The summed E-state index contributed by atoms with van der Waals surface area (Å²) in [7, 11) is 0. The van der Waals surface area contributed by atoms with Gasteiger partial charge in [0.2, 0.25) is 11.8 Å². The molecule has 3 heterocycles. The fourth-order valence-electron chi connectivity index (χ4n) is 3.06. The number of aromatic nitrogens is 2. The highest BCUT2D eigenvalue weighted by Gasteiger charge is 2.27. The van der Waals surface area contributed by atoms with Gasteiger partial charge in [0.25, 0.3) is 0 Å². The molecule has 2 aromatic rings. The van der Waals surface area contributed by atoms with Crippen molar-refractivity contribution in [1.82, 2.24) is 10.1 Å². The number of pyridine rings is 1. The molecule has 6 nitrogen and oxygen atoms in total. The number of nitrogens with one attached hydrogen (secondary N) is 1. The topological polar surface area (TPSA) is 71.3 Å². The third kappa shape index (κ3) is 3.36. The molecule has 0 saturated carbocycles. The van der Waals surface area contributed by atoms with Crippen molar-refractivity contribution in [3.63, 3.8) is 0 Å². The Balaban J connectivity index is 1.67. The van der Waals surface area contributed by atoms with Crippen LogP contribution in [0.5, 0.6) is 0 Å². The van der Waals surface area contributed by atoms with E-state index in [2.05, 4.69) is 20.4 Å². The molecule has 0 aromatic carbocycles. The molecule has 6 heteroatoms. The van der Waals surface area contributed by atoms with Crippen molar-refractivity contribution >= 4 is 17.6 Å². The molecule has 0 radical (unpaired) electrons. The van der Waals surface area contributed by atoms with Crippen molar-refractivity contribution in [2.45, 2.75) is 33.1 Å². The number of hydrogen-bond donors (Lipinski definition) is 1. The predicted molar refractivity (Wildman–Crippen MR) is 88.4 cm³/mol. The van der Waals surface area contributed by atoms with Crippen molar-refractivity contribution in [2.24, 2.45) is 5.92 Å². The van der Waals surface area contributed by atoms with Gasteiger partial charge in [-0.05, 0) is 38.3 Å². The number of rotatable bonds is 4. The van der Waals surface area contributed by atoms with Crippen molar-refractivity contribution < 1.29 is 9.32 Å². The maximum absolute atomic E-state index is 12.6. The Morgan fingerprint density at radius 2 is 2.35 bits per heavy atom. The molecule has 1 atom stereocenters. The molecule has 1 fully saturated rings. The average molecular weight is 314 g/mol. The van der Waals surface area contributed by atoms with Crippen LogP contribution in [-0.4, -0.2) is 29.1 Å². The Morgan fingerprint density at radius 1 is 1.48 bits per heavy atom.